The first kappa shape index (κ1) is 19.7. The Morgan fingerprint density at radius 2 is 1.73 bits per heavy atom. The lowest BCUT2D eigenvalue weighted by Gasteiger charge is -2.35. The molecule has 2 heterocycles. The number of nitrogens with zero attached hydrogens (tertiary/aromatic N) is 2. The predicted octanol–water partition coefficient (Wildman–Crippen LogP) is 5.88. The summed E-state index contributed by atoms with van der Waals surface area (Å²) in [6.45, 7) is 2.57. The maximum atomic E-state index is 9.72. The molecule has 3 aromatic rings. The molecule has 1 saturated carbocycles. The molecule has 1 aromatic heterocycles. The molecule has 1 saturated heterocycles. The third-order valence-corrected chi connectivity index (χ3v) is 6.96. The van der Waals surface area contributed by atoms with Crippen LogP contribution in [0, 0.1) is 6.07 Å². The molecule has 5 rings (SSSR count). The summed E-state index contributed by atoms with van der Waals surface area (Å²) in [6, 6.07) is 16.1. The van der Waals surface area contributed by atoms with Gasteiger partial charge in [-0.1, -0.05) is 23.7 Å². The summed E-state index contributed by atoms with van der Waals surface area (Å²) in [7, 11) is 0. The number of benzene rings is 2. The van der Waals surface area contributed by atoms with E-state index in [2.05, 4.69) is 27.3 Å². The summed E-state index contributed by atoms with van der Waals surface area (Å²) >= 11 is 6.12. The molecule has 4 nitrogen and oxygen atoms in total. The van der Waals surface area contributed by atoms with Crippen molar-refractivity contribution in [3.05, 3.63) is 53.7 Å². The van der Waals surface area contributed by atoms with E-state index in [1.165, 1.54) is 51.6 Å². The van der Waals surface area contributed by atoms with Crippen molar-refractivity contribution >= 4 is 28.2 Å². The minimum absolute atomic E-state index is 0.100. The minimum Gasteiger partial charge on any atom is -0.506 e. The van der Waals surface area contributed by atoms with Gasteiger partial charge in [0, 0.05) is 29.7 Å². The van der Waals surface area contributed by atoms with E-state index in [1.807, 2.05) is 18.2 Å². The molecule has 1 aliphatic carbocycles. The largest absolute Gasteiger partial charge is 0.506 e. The molecule has 0 spiro atoms. The highest BCUT2D eigenvalue weighted by molar-refractivity contribution is 6.32. The normalized spacial score (nSPS) is 22.4. The van der Waals surface area contributed by atoms with Gasteiger partial charge in [-0.15, -0.1) is 0 Å². The van der Waals surface area contributed by atoms with Crippen LogP contribution in [0.1, 0.15) is 38.5 Å². The number of fused-ring (bicyclic) bond motifs is 1. The van der Waals surface area contributed by atoms with Gasteiger partial charge >= 0.3 is 0 Å². The fraction of sp³-hybridized carbons (Fsp3) is 0.400. The Morgan fingerprint density at radius 1 is 1.00 bits per heavy atom. The lowest BCUT2D eigenvalue weighted by Crippen LogP contribution is -2.38. The average molecular weight is 421 g/mol. The fourth-order valence-corrected chi connectivity index (χ4v) is 5.16. The lowest BCUT2D eigenvalue weighted by molar-refractivity contribution is 0.186. The van der Waals surface area contributed by atoms with Crippen LogP contribution in [0.4, 0.5) is 5.69 Å². The number of halogens is 1. The van der Waals surface area contributed by atoms with Gasteiger partial charge < -0.3 is 15.3 Å². The minimum atomic E-state index is 0.100. The van der Waals surface area contributed by atoms with E-state index in [9.17, 15) is 5.11 Å². The number of rotatable bonds is 4. The SMILES string of the molecule is Oc1ccc(-c2ccc3nc[c]c(NC4CCC(N5CCCC5)CC4)c3c2)cc1Cl. The zero-order valence-corrected chi connectivity index (χ0v) is 17.8. The van der Waals surface area contributed by atoms with Crippen molar-refractivity contribution in [2.75, 3.05) is 18.4 Å². The van der Waals surface area contributed by atoms with Gasteiger partial charge in [-0.3, -0.25) is 4.98 Å². The summed E-state index contributed by atoms with van der Waals surface area (Å²) in [6.07, 6.45) is 9.45. The van der Waals surface area contributed by atoms with Gasteiger partial charge in [0.2, 0.25) is 0 Å². The molecule has 0 unspecified atom stereocenters. The first-order chi connectivity index (χ1) is 14.7. The maximum Gasteiger partial charge on any atom is 0.134 e. The van der Waals surface area contributed by atoms with E-state index in [-0.39, 0.29) is 5.75 Å². The van der Waals surface area contributed by atoms with Gasteiger partial charge in [-0.2, -0.15) is 0 Å². The summed E-state index contributed by atoms with van der Waals surface area (Å²) in [5.41, 5.74) is 4.00. The summed E-state index contributed by atoms with van der Waals surface area (Å²) in [5.74, 6) is 0.100. The van der Waals surface area contributed by atoms with E-state index < -0.39 is 0 Å². The molecule has 0 amide bonds. The van der Waals surface area contributed by atoms with Gasteiger partial charge in [0.25, 0.3) is 0 Å². The molecule has 1 radical (unpaired) electrons. The smallest absolute Gasteiger partial charge is 0.134 e. The zero-order valence-electron chi connectivity index (χ0n) is 17.1. The van der Waals surface area contributed by atoms with Gasteiger partial charge in [-0.25, -0.2) is 0 Å². The number of phenolic OH excluding ortho intramolecular Hbond substituents is 1. The average Bonchev–Trinajstić information content (AvgIpc) is 3.31. The highest BCUT2D eigenvalue weighted by Crippen LogP contribution is 2.34. The summed E-state index contributed by atoms with van der Waals surface area (Å²) in [5, 5.41) is 14.9. The van der Waals surface area contributed by atoms with E-state index in [0.717, 1.165) is 33.8 Å². The topological polar surface area (TPSA) is 48.4 Å². The number of phenols is 1. The van der Waals surface area contributed by atoms with Crippen LogP contribution >= 0.6 is 11.6 Å². The number of aromatic nitrogens is 1. The Morgan fingerprint density at radius 3 is 2.50 bits per heavy atom. The van der Waals surface area contributed by atoms with E-state index >= 15 is 0 Å². The number of pyridine rings is 1. The maximum absolute atomic E-state index is 9.72. The highest BCUT2D eigenvalue weighted by Gasteiger charge is 2.27. The predicted molar refractivity (Wildman–Crippen MR) is 123 cm³/mol. The lowest BCUT2D eigenvalue weighted by atomic mass is 9.90. The molecule has 5 heteroatoms. The Bertz CT molecular complexity index is 1040. The van der Waals surface area contributed by atoms with Gasteiger partial charge in [0.15, 0.2) is 0 Å². The van der Waals surface area contributed by atoms with Crippen LogP contribution in [-0.2, 0) is 0 Å². The van der Waals surface area contributed by atoms with Gasteiger partial charge in [-0.05, 0) is 87.0 Å². The second-order valence-corrected chi connectivity index (χ2v) is 8.98. The number of hydrogen-bond donors (Lipinski definition) is 2. The van der Waals surface area contributed by atoms with Crippen LogP contribution in [0.15, 0.2) is 42.6 Å². The molecule has 30 heavy (non-hydrogen) atoms. The molecular weight excluding hydrogens is 394 g/mol. The van der Waals surface area contributed by atoms with E-state index in [4.69, 9.17) is 11.6 Å². The van der Waals surface area contributed by atoms with Crippen molar-refractivity contribution in [3.8, 4) is 16.9 Å². The molecule has 1 aliphatic heterocycles. The van der Waals surface area contributed by atoms with Crippen molar-refractivity contribution in [2.45, 2.75) is 50.6 Å². The van der Waals surface area contributed by atoms with Gasteiger partial charge in [0.1, 0.15) is 5.75 Å². The van der Waals surface area contributed by atoms with Crippen LogP contribution in [0.5, 0.6) is 5.75 Å². The van der Waals surface area contributed by atoms with Crippen molar-refractivity contribution in [3.63, 3.8) is 0 Å². The van der Waals surface area contributed by atoms with Crippen LogP contribution in [0.25, 0.3) is 22.0 Å². The molecule has 0 bridgehead atoms. The van der Waals surface area contributed by atoms with Gasteiger partial charge in [0.05, 0.1) is 16.2 Å². The first-order valence-electron chi connectivity index (χ1n) is 11.0. The standard InChI is InChI=1S/C25H27ClN3O/c26-22-16-18(4-10-25(22)30)17-3-9-23-21(15-17)24(11-12-27-23)28-19-5-7-20(8-6-19)29-13-1-2-14-29/h3-4,9-10,12,15-16,19-20,30H,1-2,5-8,13-14H2,(H,27,28). The molecule has 2 N–H and O–H groups in total. The number of anilines is 1. The van der Waals surface area contributed by atoms with Crippen LogP contribution in [0.2, 0.25) is 5.02 Å². The summed E-state index contributed by atoms with van der Waals surface area (Å²) < 4.78 is 0. The molecule has 0 atom stereocenters. The number of hydrogen-bond acceptors (Lipinski definition) is 4. The monoisotopic (exact) mass is 420 g/mol. The van der Waals surface area contributed by atoms with Crippen molar-refractivity contribution in [1.29, 1.82) is 0 Å². The van der Waals surface area contributed by atoms with Crippen molar-refractivity contribution < 1.29 is 5.11 Å². The summed E-state index contributed by atoms with van der Waals surface area (Å²) in [4.78, 5) is 7.19. The number of nitrogens with one attached hydrogen (secondary N) is 1. The number of aromatic hydroxyl groups is 1. The van der Waals surface area contributed by atoms with Crippen LogP contribution < -0.4 is 5.32 Å². The van der Waals surface area contributed by atoms with E-state index in [1.54, 1.807) is 18.3 Å². The second-order valence-electron chi connectivity index (χ2n) is 8.57. The van der Waals surface area contributed by atoms with Crippen molar-refractivity contribution in [2.24, 2.45) is 0 Å². The third kappa shape index (κ3) is 3.99. The zero-order chi connectivity index (χ0) is 20.5. The van der Waals surface area contributed by atoms with Crippen molar-refractivity contribution in [1.82, 2.24) is 9.88 Å². The molecule has 155 valence electrons. The second kappa shape index (κ2) is 8.44. The van der Waals surface area contributed by atoms with Crippen LogP contribution in [0.3, 0.4) is 0 Å². The number of likely N-dealkylation sites (tertiary alicyclic amines) is 1. The Kier molecular flexibility index (Phi) is 5.53. The molecule has 2 fully saturated rings. The third-order valence-electron chi connectivity index (χ3n) is 6.66. The fourth-order valence-electron chi connectivity index (χ4n) is 4.97. The van der Waals surface area contributed by atoms with E-state index in [0.29, 0.717) is 11.1 Å². The Hall–Kier alpha value is -2.30. The molecule has 2 aromatic carbocycles. The highest BCUT2D eigenvalue weighted by atomic mass is 35.5. The quantitative estimate of drug-likeness (QED) is 0.553. The Labute approximate surface area is 182 Å². The Balaban J connectivity index is 1.36. The molecule has 2 aliphatic rings. The first-order valence-corrected chi connectivity index (χ1v) is 11.3. The van der Waals surface area contributed by atoms with Crippen LogP contribution in [-0.4, -0.2) is 40.2 Å². The molecular formula is C25H27ClN3O.